The highest BCUT2D eigenvalue weighted by Gasteiger charge is 2.38. The third kappa shape index (κ3) is 7.74. The molecular weight excluding hydrogens is 620 g/mol. The lowest BCUT2D eigenvalue weighted by Gasteiger charge is -2.18. The second-order valence-corrected chi connectivity index (χ2v) is 12.9. The van der Waals surface area contributed by atoms with E-state index >= 15 is 0 Å². The molecule has 11 nitrogen and oxygen atoms in total. The molecule has 1 aromatic heterocycles. The number of nitrogens with one attached hydrogen (secondary N) is 3. The van der Waals surface area contributed by atoms with Crippen LogP contribution in [0.15, 0.2) is 77.7 Å². The van der Waals surface area contributed by atoms with Gasteiger partial charge in [0, 0.05) is 0 Å². The van der Waals surface area contributed by atoms with Crippen LogP contribution < -0.4 is 9.44 Å². The predicted octanol–water partition coefficient (Wildman–Crippen LogP) is 3.49. The first kappa shape index (κ1) is 31.6. The van der Waals surface area contributed by atoms with Crippen LogP contribution in [0.2, 0.25) is 0 Å². The number of fused-ring (bicyclic) bond motifs is 1. The second kappa shape index (κ2) is 12.1. The number of hydrogen-bond acceptors (Lipinski definition) is 7. The molecule has 1 saturated heterocycles. The lowest BCUT2D eigenvalue weighted by atomic mass is 10.0. The van der Waals surface area contributed by atoms with E-state index in [2.05, 4.69) is 14.7 Å². The summed E-state index contributed by atoms with van der Waals surface area (Å²) >= 11 is 0. The van der Waals surface area contributed by atoms with Crippen molar-refractivity contribution in [3.8, 4) is 0 Å². The van der Waals surface area contributed by atoms with Gasteiger partial charge in [-0.1, -0.05) is 42.5 Å². The number of amides is 1. The number of para-hydroxylation sites is 2. The molecule has 43 heavy (non-hydrogen) atoms. The number of rotatable bonds is 7. The van der Waals surface area contributed by atoms with Crippen molar-refractivity contribution in [1.82, 2.24) is 19.4 Å². The highest BCUT2D eigenvalue weighted by Crippen LogP contribution is 2.31. The van der Waals surface area contributed by atoms with E-state index in [1.165, 1.54) is 12.1 Å². The summed E-state index contributed by atoms with van der Waals surface area (Å²) in [5.41, 5.74) is 2.53. The second-order valence-electron chi connectivity index (χ2n) is 9.28. The highest BCUT2D eigenvalue weighted by atomic mass is 32.2. The average molecular weight is 643 g/mol. The van der Waals surface area contributed by atoms with Crippen molar-refractivity contribution in [3.05, 3.63) is 95.6 Å². The van der Waals surface area contributed by atoms with Crippen LogP contribution in [-0.2, 0) is 36.1 Å². The van der Waals surface area contributed by atoms with Crippen molar-refractivity contribution < 1.29 is 49.1 Å². The number of carbonyl (C=O) groups excluding carboxylic acids is 1. The van der Waals surface area contributed by atoms with E-state index < -0.39 is 55.2 Å². The van der Waals surface area contributed by atoms with Gasteiger partial charge in [-0.25, -0.2) is 35.7 Å². The first-order chi connectivity index (χ1) is 20.0. The Bertz CT molecular complexity index is 1840. The summed E-state index contributed by atoms with van der Waals surface area (Å²) in [5, 5.41) is 6.15. The Morgan fingerprint density at radius 2 is 1.72 bits per heavy atom. The van der Waals surface area contributed by atoms with E-state index in [1.54, 1.807) is 30.3 Å². The number of H-pyrrole nitrogens is 1. The number of hydrogen-bond donors (Lipinski definition) is 4. The van der Waals surface area contributed by atoms with Gasteiger partial charge in [-0.05, 0) is 47.9 Å². The molecule has 17 heteroatoms. The van der Waals surface area contributed by atoms with Gasteiger partial charge in [0.15, 0.2) is 0 Å². The predicted molar refractivity (Wildman–Crippen MR) is 144 cm³/mol. The Hall–Kier alpha value is -4.35. The molecule has 228 valence electrons. The van der Waals surface area contributed by atoms with Crippen LogP contribution in [0.25, 0.3) is 11.0 Å². The van der Waals surface area contributed by atoms with Gasteiger partial charge in [0.05, 0.1) is 28.4 Å². The summed E-state index contributed by atoms with van der Waals surface area (Å²) in [6.45, 7) is 0. The maximum Gasteiger partial charge on any atom is 0.490 e. The topological polar surface area (TPSA) is 175 Å². The monoisotopic (exact) mass is 642 g/mol. The molecule has 0 bridgehead atoms. The van der Waals surface area contributed by atoms with E-state index in [9.17, 15) is 39.2 Å². The first-order valence-corrected chi connectivity index (χ1v) is 15.2. The first-order valence-electron chi connectivity index (χ1n) is 12.2. The fourth-order valence-corrected chi connectivity index (χ4v) is 6.83. The van der Waals surface area contributed by atoms with Crippen LogP contribution in [0, 0.1) is 5.82 Å². The van der Waals surface area contributed by atoms with Crippen molar-refractivity contribution >= 4 is 43.0 Å². The number of benzene rings is 3. The largest absolute Gasteiger partial charge is 0.490 e. The van der Waals surface area contributed by atoms with Gasteiger partial charge >= 0.3 is 12.1 Å². The van der Waals surface area contributed by atoms with Gasteiger partial charge < -0.3 is 10.1 Å². The van der Waals surface area contributed by atoms with Crippen molar-refractivity contribution in [2.24, 2.45) is 0 Å². The molecule has 3 aromatic carbocycles. The molecule has 2 heterocycles. The maximum atomic E-state index is 13.7. The van der Waals surface area contributed by atoms with E-state index in [0.29, 0.717) is 22.5 Å². The Morgan fingerprint density at radius 3 is 2.28 bits per heavy atom. The molecular formula is C26H22F4N4O7S2. The minimum Gasteiger partial charge on any atom is -0.475 e. The Labute approximate surface area is 242 Å². The van der Waals surface area contributed by atoms with E-state index in [0.717, 1.165) is 17.6 Å². The SMILES string of the molecule is O=C(O)C(F)(F)F.O=C1C[C@@H](c2ccc(C[C@H](NS(=O)(=O)c3cccc(F)c3)c3nc4ccccc4[nH]3)cc2)S(=O)(=O)N1. The van der Waals surface area contributed by atoms with Crippen molar-refractivity contribution in [2.45, 2.75) is 35.2 Å². The van der Waals surface area contributed by atoms with E-state index in [4.69, 9.17) is 9.90 Å². The number of carboxylic acid groups (broad SMARTS) is 1. The van der Waals surface area contributed by atoms with Crippen molar-refractivity contribution in [1.29, 1.82) is 0 Å². The fraction of sp³-hybridized carbons (Fsp3) is 0.192. The van der Waals surface area contributed by atoms with Crippen molar-refractivity contribution in [3.63, 3.8) is 0 Å². The number of carbonyl (C=O) groups is 2. The summed E-state index contributed by atoms with van der Waals surface area (Å²) < 4.78 is 101. The number of aliphatic carboxylic acids is 1. The van der Waals surface area contributed by atoms with Crippen LogP contribution in [-0.4, -0.2) is 50.0 Å². The van der Waals surface area contributed by atoms with E-state index in [1.807, 2.05) is 22.9 Å². The zero-order valence-corrected chi connectivity index (χ0v) is 23.3. The van der Waals surface area contributed by atoms with Crippen LogP contribution in [0.1, 0.15) is 34.7 Å². The lowest BCUT2D eigenvalue weighted by Crippen LogP contribution is -2.31. The number of aromatic amines is 1. The van der Waals surface area contributed by atoms with Gasteiger partial charge in [-0.15, -0.1) is 0 Å². The fourth-order valence-electron chi connectivity index (χ4n) is 4.17. The molecule has 1 aliphatic rings. The third-order valence-corrected chi connectivity index (χ3v) is 9.35. The number of aromatic nitrogens is 2. The molecule has 0 unspecified atom stereocenters. The number of halogens is 4. The smallest absolute Gasteiger partial charge is 0.475 e. The third-order valence-electron chi connectivity index (χ3n) is 6.18. The quantitative estimate of drug-likeness (QED) is 0.222. The summed E-state index contributed by atoms with van der Waals surface area (Å²) in [6.07, 6.45) is -5.07. The van der Waals surface area contributed by atoms with Crippen LogP contribution in [0.3, 0.4) is 0 Å². The van der Waals surface area contributed by atoms with E-state index in [-0.39, 0.29) is 17.7 Å². The minimum atomic E-state index is -5.08. The summed E-state index contributed by atoms with van der Waals surface area (Å²) in [5.74, 6) is -3.62. The number of nitrogens with zero attached hydrogens (tertiary/aromatic N) is 1. The number of sulfonamides is 2. The minimum absolute atomic E-state index is 0.156. The summed E-state index contributed by atoms with van der Waals surface area (Å²) in [4.78, 5) is 27.9. The van der Waals surface area contributed by atoms with Crippen LogP contribution in [0.5, 0.6) is 0 Å². The molecule has 0 aliphatic carbocycles. The molecule has 2 atom stereocenters. The standard InChI is InChI=1S/C24H21FN4O5S2.C2HF3O2/c25-17-4-3-5-18(13-17)35(31,32)28-21(24-26-19-6-1-2-7-20(19)27-24)12-15-8-10-16(11-9-15)22-14-23(30)29-36(22,33)34;3-2(4,5)1(6)7/h1-11,13,21-22,28H,12,14H2,(H,26,27)(H,29,30);(H,6,7)/t21-,22-;/m0./s1. The normalized spacial score (nSPS) is 17.1. The zero-order chi connectivity index (χ0) is 31.6. The Morgan fingerprint density at radius 1 is 1.07 bits per heavy atom. The summed E-state index contributed by atoms with van der Waals surface area (Å²) in [6, 6.07) is 17.7. The molecule has 4 aromatic rings. The van der Waals surface area contributed by atoms with Crippen LogP contribution >= 0.6 is 0 Å². The van der Waals surface area contributed by atoms with Gasteiger partial charge in [-0.2, -0.15) is 13.2 Å². The lowest BCUT2D eigenvalue weighted by molar-refractivity contribution is -0.192. The molecule has 0 radical (unpaired) electrons. The Balaban J connectivity index is 0.000000541. The molecule has 4 N–H and O–H groups in total. The number of alkyl halides is 3. The number of imidazole rings is 1. The molecule has 1 aliphatic heterocycles. The Kier molecular flexibility index (Phi) is 8.89. The molecule has 0 saturated carbocycles. The van der Waals surface area contributed by atoms with Crippen LogP contribution in [0.4, 0.5) is 17.6 Å². The van der Waals surface area contributed by atoms with Crippen molar-refractivity contribution in [2.75, 3.05) is 0 Å². The number of carboxylic acids is 1. The molecule has 1 amide bonds. The summed E-state index contributed by atoms with van der Waals surface area (Å²) in [7, 11) is -7.88. The average Bonchev–Trinajstić information content (AvgIpc) is 3.47. The molecule has 0 spiro atoms. The van der Waals surface area contributed by atoms with Gasteiger partial charge in [0.25, 0.3) is 0 Å². The zero-order valence-electron chi connectivity index (χ0n) is 21.7. The van der Waals surface area contributed by atoms with Gasteiger partial charge in [-0.3, -0.25) is 9.52 Å². The maximum absolute atomic E-state index is 13.7. The molecule has 1 fully saturated rings. The van der Waals surface area contributed by atoms with Gasteiger partial charge in [0.1, 0.15) is 16.9 Å². The highest BCUT2D eigenvalue weighted by molar-refractivity contribution is 7.90. The molecule has 5 rings (SSSR count). The van der Waals surface area contributed by atoms with Gasteiger partial charge in [0.2, 0.25) is 26.0 Å².